The van der Waals surface area contributed by atoms with E-state index < -0.39 is 10.0 Å². The lowest BCUT2D eigenvalue weighted by atomic mass is 9.98. The van der Waals surface area contributed by atoms with Crippen LogP contribution in [-0.4, -0.2) is 36.9 Å². The average Bonchev–Trinajstić information content (AvgIpc) is 3.01. The summed E-state index contributed by atoms with van der Waals surface area (Å²) in [7, 11) is -3.73. The van der Waals surface area contributed by atoms with Crippen LogP contribution in [0.4, 0.5) is 5.69 Å². The molecule has 1 aromatic carbocycles. The average molecular weight is 391 g/mol. The maximum Gasteiger partial charge on any atom is 0.248 e. The predicted molar refractivity (Wildman–Crippen MR) is 102 cm³/mol. The zero-order valence-electron chi connectivity index (χ0n) is 15.9. The Morgan fingerprint density at radius 1 is 1.30 bits per heavy atom. The van der Waals surface area contributed by atoms with Gasteiger partial charge in [0.2, 0.25) is 15.9 Å². The van der Waals surface area contributed by atoms with Crippen LogP contribution in [0.5, 0.6) is 0 Å². The van der Waals surface area contributed by atoms with Crippen molar-refractivity contribution in [2.75, 3.05) is 18.4 Å². The zero-order valence-corrected chi connectivity index (χ0v) is 16.7. The van der Waals surface area contributed by atoms with Gasteiger partial charge in [0.25, 0.3) is 0 Å². The molecule has 1 aliphatic rings. The molecule has 7 nitrogen and oxygen atoms in total. The van der Waals surface area contributed by atoms with Gasteiger partial charge < -0.3 is 9.84 Å². The quantitative estimate of drug-likeness (QED) is 0.846. The number of nitrogens with one attached hydrogen (secondary N) is 1. The van der Waals surface area contributed by atoms with Crippen molar-refractivity contribution in [3.05, 3.63) is 41.3 Å². The summed E-state index contributed by atoms with van der Waals surface area (Å²) in [5, 5.41) is 6.64. The number of hydrogen-bond acceptors (Lipinski definition) is 5. The van der Waals surface area contributed by atoms with Crippen LogP contribution in [0.2, 0.25) is 0 Å². The second-order valence-corrected chi connectivity index (χ2v) is 8.77. The molecule has 1 aliphatic heterocycles. The van der Waals surface area contributed by atoms with E-state index in [0.29, 0.717) is 25.1 Å². The number of piperidine rings is 1. The lowest BCUT2D eigenvalue weighted by Gasteiger charge is -2.31. The summed E-state index contributed by atoms with van der Waals surface area (Å²) in [5.74, 6) is -0.271. The second kappa shape index (κ2) is 7.82. The Morgan fingerprint density at radius 3 is 2.59 bits per heavy atom. The second-order valence-electron chi connectivity index (χ2n) is 6.90. The van der Waals surface area contributed by atoms with E-state index in [-0.39, 0.29) is 29.0 Å². The first-order valence-corrected chi connectivity index (χ1v) is 10.6. The summed E-state index contributed by atoms with van der Waals surface area (Å²) in [5.41, 5.74) is 2.26. The van der Waals surface area contributed by atoms with Gasteiger partial charge in [-0.05, 0) is 50.8 Å². The number of rotatable bonds is 5. The molecule has 0 radical (unpaired) electrons. The van der Waals surface area contributed by atoms with E-state index in [1.165, 1.54) is 9.87 Å². The third kappa shape index (κ3) is 4.06. The van der Waals surface area contributed by atoms with E-state index in [0.717, 1.165) is 12.1 Å². The van der Waals surface area contributed by atoms with Gasteiger partial charge in [0.15, 0.2) is 5.76 Å². The molecule has 0 saturated carbocycles. The van der Waals surface area contributed by atoms with Crippen molar-refractivity contribution in [2.45, 2.75) is 44.9 Å². The molecule has 27 heavy (non-hydrogen) atoms. The Bertz CT molecular complexity index is 899. The van der Waals surface area contributed by atoms with Gasteiger partial charge >= 0.3 is 0 Å². The van der Waals surface area contributed by atoms with Gasteiger partial charge in [-0.1, -0.05) is 24.2 Å². The number of carbonyl (C=O) groups is 1. The standard InChI is InChI=1S/C19H25N3O4S/c1-4-15-7-9-17(10-8-15)20-19(23)16-6-5-11-22(12-16)27(24,25)18-13(2)21-26-14(18)3/h7-10,16H,4-6,11-12H2,1-3H3,(H,20,23)/t16-/m0/s1. The highest BCUT2D eigenvalue weighted by molar-refractivity contribution is 7.89. The molecule has 1 amide bonds. The monoisotopic (exact) mass is 391 g/mol. The smallest absolute Gasteiger partial charge is 0.248 e. The van der Waals surface area contributed by atoms with Crippen LogP contribution < -0.4 is 5.32 Å². The third-order valence-corrected chi connectivity index (χ3v) is 7.06. The Balaban J connectivity index is 1.72. The number of aromatic nitrogens is 1. The fraction of sp³-hybridized carbons (Fsp3) is 0.474. The Labute approximate surface area is 159 Å². The molecule has 146 valence electrons. The van der Waals surface area contributed by atoms with E-state index in [4.69, 9.17) is 4.52 Å². The Hall–Kier alpha value is -2.19. The summed E-state index contributed by atoms with van der Waals surface area (Å²) >= 11 is 0. The first-order chi connectivity index (χ1) is 12.8. The lowest BCUT2D eigenvalue weighted by Crippen LogP contribution is -2.43. The molecule has 8 heteroatoms. The molecule has 1 saturated heterocycles. The normalized spacial score (nSPS) is 18.4. The number of anilines is 1. The van der Waals surface area contributed by atoms with Crippen molar-refractivity contribution in [1.82, 2.24) is 9.46 Å². The molecule has 1 fully saturated rings. The van der Waals surface area contributed by atoms with Gasteiger partial charge in [-0.2, -0.15) is 4.31 Å². The molecule has 3 rings (SSSR count). The molecular weight excluding hydrogens is 366 g/mol. The maximum atomic E-state index is 13.0. The van der Waals surface area contributed by atoms with Crippen LogP contribution in [0.1, 0.15) is 36.8 Å². The van der Waals surface area contributed by atoms with Crippen molar-refractivity contribution in [1.29, 1.82) is 0 Å². The van der Waals surface area contributed by atoms with Gasteiger partial charge in [-0.15, -0.1) is 0 Å². The number of hydrogen-bond donors (Lipinski definition) is 1. The van der Waals surface area contributed by atoms with Crippen LogP contribution >= 0.6 is 0 Å². The topological polar surface area (TPSA) is 92.5 Å². The number of benzene rings is 1. The summed E-state index contributed by atoms with van der Waals surface area (Å²) in [6, 6.07) is 7.70. The van der Waals surface area contributed by atoms with Crippen molar-refractivity contribution < 1.29 is 17.7 Å². The van der Waals surface area contributed by atoms with Gasteiger partial charge in [0, 0.05) is 18.8 Å². The summed E-state index contributed by atoms with van der Waals surface area (Å²) in [4.78, 5) is 12.8. The highest BCUT2D eigenvalue weighted by Gasteiger charge is 2.36. The van der Waals surface area contributed by atoms with Crippen molar-refractivity contribution in [3.8, 4) is 0 Å². The molecule has 1 aromatic heterocycles. The van der Waals surface area contributed by atoms with E-state index in [9.17, 15) is 13.2 Å². The van der Waals surface area contributed by atoms with Crippen LogP contribution in [0.15, 0.2) is 33.7 Å². The highest BCUT2D eigenvalue weighted by Crippen LogP contribution is 2.28. The van der Waals surface area contributed by atoms with Crippen LogP contribution in [0, 0.1) is 19.8 Å². The number of aryl methyl sites for hydroxylation is 3. The van der Waals surface area contributed by atoms with Crippen molar-refractivity contribution in [2.24, 2.45) is 5.92 Å². The van der Waals surface area contributed by atoms with E-state index in [1.54, 1.807) is 13.8 Å². The van der Waals surface area contributed by atoms with Gasteiger partial charge in [0.1, 0.15) is 10.6 Å². The molecule has 2 heterocycles. The van der Waals surface area contributed by atoms with Crippen LogP contribution in [0.25, 0.3) is 0 Å². The third-order valence-electron chi connectivity index (χ3n) is 4.95. The molecule has 1 N–H and O–H groups in total. The fourth-order valence-corrected chi connectivity index (χ4v) is 5.23. The zero-order chi connectivity index (χ0) is 19.6. The van der Waals surface area contributed by atoms with Crippen molar-refractivity contribution >= 4 is 21.6 Å². The fourth-order valence-electron chi connectivity index (χ4n) is 3.41. The Morgan fingerprint density at radius 2 is 2.00 bits per heavy atom. The lowest BCUT2D eigenvalue weighted by molar-refractivity contribution is -0.120. The molecule has 1 atom stereocenters. The molecule has 0 unspecified atom stereocenters. The largest absolute Gasteiger partial charge is 0.360 e. The molecule has 0 aliphatic carbocycles. The summed E-state index contributed by atoms with van der Waals surface area (Å²) in [6.07, 6.45) is 2.23. The van der Waals surface area contributed by atoms with E-state index in [2.05, 4.69) is 17.4 Å². The van der Waals surface area contributed by atoms with Gasteiger partial charge in [0.05, 0.1) is 5.92 Å². The van der Waals surface area contributed by atoms with E-state index >= 15 is 0 Å². The Kier molecular flexibility index (Phi) is 5.67. The number of carbonyl (C=O) groups excluding carboxylic acids is 1. The summed E-state index contributed by atoms with van der Waals surface area (Å²) in [6.45, 7) is 5.81. The molecular formula is C19H25N3O4S. The number of amides is 1. The minimum Gasteiger partial charge on any atom is -0.360 e. The van der Waals surface area contributed by atoms with Gasteiger partial charge in [-0.3, -0.25) is 4.79 Å². The minimum atomic E-state index is -3.73. The highest BCUT2D eigenvalue weighted by atomic mass is 32.2. The first-order valence-electron chi connectivity index (χ1n) is 9.15. The number of sulfonamides is 1. The maximum absolute atomic E-state index is 13.0. The molecule has 0 bridgehead atoms. The summed E-state index contributed by atoms with van der Waals surface area (Å²) < 4.78 is 32.3. The minimum absolute atomic E-state index is 0.110. The van der Waals surface area contributed by atoms with Gasteiger partial charge in [-0.25, -0.2) is 8.42 Å². The molecule has 0 spiro atoms. The van der Waals surface area contributed by atoms with Crippen molar-refractivity contribution in [3.63, 3.8) is 0 Å². The number of nitrogens with zero attached hydrogens (tertiary/aromatic N) is 2. The predicted octanol–water partition coefficient (Wildman–Crippen LogP) is 2.89. The van der Waals surface area contributed by atoms with Crippen LogP contribution in [-0.2, 0) is 21.2 Å². The SMILES string of the molecule is CCc1ccc(NC(=O)[C@H]2CCCN(S(=O)(=O)c3c(C)noc3C)C2)cc1. The molecule has 2 aromatic rings. The van der Waals surface area contributed by atoms with Crippen LogP contribution in [0.3, 0.4) is 0 Å². The van der Waals surface area contributed by atoms with E-state index in [1.807, 2.05) is 24.3 Å². The first kappa shape index (κ1) is 19.6.